The summed E-state index contributed by atoms with van der Waals surface area (Å²) in [7, 11) is 0. The van der Waals surface area contributed by atoms with E-state index in [1.165, 1.54) is 0 Å². The maximum absolute atomic E-state index is 10.7. The molecule has 0 aliphatic rings. The van der Waals surface area contributed by atoms with Gasteiger partial charge in [-0.3, -0.25) is 0 Å². The molecule has 4 N–H and O–H groups in total. The van der Waals surface area contributed by atoms with Crippen molar-refractivity contribution >= 4 is 0 Å². The van der Waals surface area contributed by atoms with Crippen molar-refractivity contribution in [1.82, 2.24) is 0 Å². The third kappa shape index (κ3) is 4.94. The van der Waals surface area contributed by atoms with Crippen molar-refractivity contribution in [3.8, 4) is 56.8 Å². The standard InChI is InChI=1S/C32H34O5/c1-5-19-9-11-21(17-27(19)35)31-23(7-3)25(33)13-15-29(31)37-30-16-14-26(34)24(8-4)32(30)22-12-10-20(6-2)28(36)18-22/h9-18,33-36H,5-8H2,1-4H3. The zero-order valence-electron chi connectivity index (χ0n) is 21.8. The lowest BCUT2D eigenvalue weighted by Gasteiger charge is -2.21. The largest absolute Gasteiger partial charge is 0.508 e. The van der Waals surface area contributed by atoms with Crippen LogP contribution < -0.4 is 4.74 Å². The van der Waals surface area contributed by atoms with Crippen molar-refractivity contribution in [1.29, 1.82) is 0 Å². The van der Waals surface area contributed by atoms with Gasteiger partial charge >= 0.3 is 0 Å². The quantitative estimate of drug-likeness (QED) is 0.198. The van der Waals surface area contributed by atoms with E-state index >= 15 is 0 Å². The molecular weight excluding hydrogens is 464 g/mol. The van der Waals surface area contributed by atoms with E-state index in [2.05, 4.69) is 0 Å². The lowest BCUT2D eigenvalue weighted by molar-refractivity contribution is 0.454. The highest BCUT2D eigenvalue weighted by atomic mass is 16.5. The average Bonchev–Trinajstić information content (AvgIpc) is 2.90. The second-order valence-electron chi connectivity index (χ2n) is 9.08. The number of hydrogen-bond donors (Lipinski definition) is 4. The van der Waals surface area contributed by atoms with Gasteiger partial charge in [0, 0.05) is 22.3 Å². The van der Waals surface area contributed by atoms with Gasteiger partial charge in [-0.15, -0.1) is 0 Å². The van der Waals surface area contributed by atoms with E-state index in [0.717, 1.165) is 22.3 Å². The van der Waals surface area contributed by atoms with Gasteiger partial charge in [-0.25, -0.2) is 0 Å². The smallest absolute Gasteiger partial charge is 0.135 e. The Morgan fingerprint density at radius 1 is 0.486 bits per heavy atom. The van der Waals surface area contributed by atoms with Gasteiger partial charge < -0.3 is 25.2 Å². The zero-order chi connectivity index (χ0) is 26.7. The normalized spacial score (nSPS) is 11.0. The van der Waals surface area contributed by atoms with Gasteiger partial charge in [0.25, 0.3) is 0 Å². The summed E-state index contributed by atoms with van der Waals surface area (Å²) in [5, 5.41) is 42.5. The molecule has 37 heavy (non-hydrogen) atoms. The lowest BCUT2D eigenvalue weighted by atomic mass is 9.93. The predicted molar refractivity (Wildman–Crippen MR) is 148 cm³/mol. The summed E-state index contributed by atoms with van der Waals surface area (Å²) >= 11 is 0. The predicted octanol–water partition coefficient (Wildman–Crippen LogP) is 7.88. The summed E-state index contributed by atoms with van der Waals surface area (Å²) in [4.78, 5) is 0. The molecule has 0 atom stereocenters. The van der Waals surface area contributed by atoms with Crippen LogP contribution in [0, 0.1) is 0 Å². The minimum Gasteiger partial charge on any atom is -0.508 e. The number of hydrogen-bond acceptors (Lipinski definition) is 5. The van der Waals surface area contributed by atoms with Crippen LogP contribution >= 0.6 is 0 Å². The van der Waals surface area contributed by atoms with E-state index in [4.69, 9.17) is 4.74 Å². The van der Waals surface area contributed by atoms with E-state index in [9.17, 15) is 20.4 Å². The second-order valence-corrected chi connectivity index (χ2v) is 9.08. The molecule has 0 aliphatic carbocycles. The molecule has 4 aromatic rings. The molecule has 0 saturated heterocycles. The van der Waals surface area contributed by atoms with Crippen molar-refractivity contribution in [2.24, 2.45) is 0 Å². The molecular formula is C32H34O5. The highest BCUT2D eigenvalue weighted by molar-refractivity contribution is 5.81. The van der Waals surface area contributed by atoms with E-state index < -0.39 is 0 Å². The van der Waals surface area contributed by atoms with Crippen molar-refractivity contribution < 1.29 is 25.2 Å². The van der Waals surface area contributed by atoms with Crippen molar-refractivity contribution in [2.45, 2.75) is 53.4 Å². The Hall–Kier alpha value is -4.12. The molecule has 0 heterocycles. The van der Waals surface area contributed by atoms with Crippen molar-refractivity contribution in [3.05, 3.63) is 82.9 Å². The number of rotatable bonds is 8. The summed E-state index contributed by atoms with van der Waals surface area (Å²) in [6.45, 7) is 7.89. The maximum atomic E-state index is 10.7. The van der Waals surface area contributed by atoms with Crippen LogP contribution in [0.2, 0.25) is 0 Å². The van der Waals surface area contributed by atoms with Crippen LogP contribution in [-0.4, -0.2) is 20.4 Å². The summed E-state index contributed by atoms with van der Waals surface area (Å²) in [5.74, 6) is 1.74. The van der Waals surface area contributed by atoms with E-state index in [1.54, 1.807) is 36.4 Å². The molecule has 0 bridgehead atoms. The molecule has 4 aromatic carbocycles. The number of benzene rings is 4. The molecule has 4 rings (SSSR count). The zero-order valence-corrected chi connectivity index (χ0v) is 21.8. The third-order valence-electron chi connectivity index (χ3n) is 6.94. The average molecular weight is 499 g/mol. The maximum Gasteiger partial charge on any atom is 0.135 e. The first-order chi connectivity index (χ1) is 17.8. The number of aryl methyl sites for hydroxylation is 2. The molecule has 0 amide bonds. The highest BCUT2D eigenvalue weighted by Gasteiger charge is 2.21. The number of ether oxygens (including phenoxy) is 1. The number of phenolic OH excluding ortho intramolecular Hbond substituents is 4. The Morgan fingerprint density at radius 3 is 1.22 bits per heavy atom. The second kappa shape index (κ2) is 10.9. The SMILES string of the molecule is CCc1ccc(-c2c(Oc3ccc(O)c(CC)c3-c3ccc(CC)c(O)c3)ccc(O)c2CC)cc1O. The third-order valence-corrected chi connectivity index (χ3v) is 6.94. The topological polar surface area (TPSA) is 90.2 Å². The van der Waals surface area contributed by atoms with Gasteiger partial charge in [0.2, 0.25) is 0 Å². The van der Waals surface area contributed by atoms with Gasteiger partial charge in [-0.05, 0) is 84.3 Å². The minimum absolute atomic E-state index is 0.157. The van der Waals surface area contributed by atoms with Gasteiger partial charge in [-0.1, -0.05) is 52.0 Å². The van der Waals surface area contributed by atoms with Crippen LogP contribution in [0.4, 0.5) is 0 Å². The van der Waals surface area contributed by atoms with E-state index in [-0.39, 0.29) is 23.0 Å². The van der Waals surface area contributed by atoms with Gasteiger partial charge in [-0.2, -0.15) is 0 Å². The van der Waals surface area contributed by atoms with E-state index in [1.807, 2.05) is 52.0 Å². The van der Waals surface area contributed by atoms with Crippen LogP contribution in [-0.2, 0) is 25.7 Å². The summed E-state index contributed by atoms with van der Waals surface area (Å²) < 4.78 is 6.55. The Labute approximate surface area is 218 Å². The molecule has 0 unspecified atom stereocenters. The van der Waals surface area contributed by atoms with Gasteiger partial charge in [0.1, 0.15) is 34.5 Å². The van der Waals surface area contributed by atoms with Crippen molar-refractivity contribution in [3.63, 3.8) is 0 Å². The molecule has 0 saturated carbocycles. The fourth-order valence-electron chi connectivity index (χ4n) is 4.90. The molecule has 0 aliphatic heterocycles. The Balaban J connectivity index is 1.93. The first-order valence-electron chi connectivity index (χ1n) is 12.8. The van der Waals surface area contributed by atoms with E-state index in [0.29, 0.717) is 59.4 Å². The summed E-state index contributed by atoms with van der Waals surface area (Å²) in [6, 6.07) is 17.7. The summed E-state index contributed by atoms with van der Waals surface area (Å²) in [5.41, 5.74) is 5.96. The van der Waals surface area contributed by atoms with Crippen LogP contribution in [0.25, 0.3) is 22.3 Å². The van der Waals surface area contributed by atoms with Gasteiger partial charge in [0.15, 0.2) is 0 Å². The molecule has 0 aromatic heterocycles. The lowest BCUT2D eigenvalue weighted by Crippen LogP contribution is -1.98. The monoisotopic (exact) mass is 498 g/mol. The van der Waals surface area contributed by atoms with Crippen LogP contribution in [0.15, 0.2) is 60.7 Å². The molecule has 0 radical (unpaired) electrons. The number of aromatic hydroxyl groups is 4. The molecule has 0 spiro atoms. The Bertz CT molecular complexity index is 1330. The van der Waals surface area contributed by atoms with Crippen LogP contribution in [0.5, 0.6) is 34.5 Å². The first-order valence-corrected chi connectivity index (χ1v) is 12.8. The Kier molecular flexibility index (Phi) is 7.63. The minimum atomic E-state index is 0.157. The van der Waals surface area contributed by atoms with Crippen LogP contribution in [0.1, 0.15) is 49.9 Å². The summed E-state index contributed by atoms with van der Waals surface area (Å²) in [6.07, 6.45) is 2.53. The molecule has 0 fully saturated rings. The van der Waals surface area contributed by atoms with Crippen LogP contribution in [0.3, 0.4) is 0 Å². The fourth-order valence-corrected chi connectivity index (χ4v) is 4.90. The molecule has 5 heteroatoms. The molecule has 192 valence electrons. The molecule has 5 nitrogen and oxygen atoms in total. The number of phenols is 4. The Morgan fingerprint density at radius 2 is 0.892 bits per heavy atom. The van der Waals surface area contributed by atoms with Crippen molar-refractivity contribution in [2.75, 3.05) is 0 Å². The van der Waals surface area contributed by atoms with Gasteiger partial charge in [0.05, 0.1) is 0 Å². The fraction of sp³-hybridized carbons (Fsp3) is 0.250. The first kappa shape index (κ1) is 26.0. The highest BCUT2D eigenvalue weighted by Crippen LogP contribution is 2.46.